The van der Waals surface area contributed by atoms with Crippen LogP contribution in [0.15, 0.2) is 41.3 Å². The standard InChI is InChI=1S/C14H16O6S/c15-5-6-19-7-8-20-13-3-1-12-10-14(21(16,17)18)4-2-11(12)9-13/h1-4,9-10,15H,5-8H2,(H,16,17,18). The van der Waals surface area contributed by atoms with Crippen molar-refractivity contribution >= 4 is 20.9 Å². The molecule has 0 spiro atoms. The lowest BCUT2D eigenvalue weighted by Crippen LogP contribution is -2.09. The van der Waals surface area contributed by atoms with Gasteiger partial charge in [0.05, 0.1) is 24.7 Å². The summed E-state index contributed by atoms with van der Waals surface area (Å²) in [4.78, 5) is -0.138. The molecule has 0 aromatic heterocycles. The van der Waals surface area contributed by atoms with E-state index in [1.165, 1.54) is 12.1 Å². The van der Waals surface area contributed by atoms with E-state index in [0.29, 0.717) is 24.3 Å². The quantitative estimate of drug-likeness (QED) is 0.594. The van der Waals surface area contributed by atoms with E-state index in [9.17, 15) is 8.42 Å². The number of hydrogen-bond donors (Lipinski definition) is 2. The molecule has 114 valence electrons. The van der Waals surface area contributed by atoms with Gasteiger partial charge in [0.15, 0.2) is 0 Å². The minimum atomic E-state index is -4.20. The molecule has 2 aromatic rings. The summed E-state index contributed by atoms with van der Waals surface area (Å²) in [5, 5.41) is 10.0. The molecule has 0 amide bonds. The third-order valence-electron chi connectivity index (χ3n) is 2.81. The van der Waals surface area contributed by atoms with Crippen molar-refractivity contribution in [2.75, 3.05) is 26.4 Å². The maximum absolute atomic E-state index is 11.1. The van der Waals surface area contributed by atoms with Gasteiger partial charge in [-0.2, -0.15) is 8.42 Å². The van der Waals surface area contributed by atoms with Crippen LogP contribution < -0.4 is 4.74 Å². The van der Waals surface area contributed by atoms with Crippen LogP contribution in [0.1, 0.15) is 0 Å². The van der Waals surface area contributed by atoms with Crippen LogP contribution in [0, 0.1) is 0 Å². The molecule has 0 aliphatic rings. The van der Waals surface area contributed by atoms with E-state index in [1.54, 1.807) is 24.3 Å². The lowest BCUT2D eigenvalue weighted by atomic mass is 10.1. The first kappa shape index (κ1) is 15.7. The largest absolute Gasteiger partial charge is 0.491 e. The SMILES string of the molecule is O=S(=O)(O)c1ccc2cc(OCCOCCO)ccc2c1. The average Bonchev–Trinajstić information content (AvgIpc) is 2.45. The minimum Gasteiger partial charge on any atom is -0.491 e. The van der Waals surface area contributed by atoms with Crippen LogP contribution in [0.25, 0.3) is 10.8 Å². The maximum Gasteiger partial charge on any atom is 0.294 e. The van der Waals surface area contributed by atoms with Gasteiger partial charge in [0.2, 0.25) is 0 Å². The van der Waals surface area contributed by atoms with E-state index in [1.807, 2.05) is 0 Å². The fourth-order valence-corrected chi connectivity index (χ4v) is 2.35. The second-order valence-electron chi connectivity index (χ2n) is 4.33. The second-order valence-corrected chi connectivity index (χ2v) is 5.75. The normalized spacial score (nSPS) is 11.7. The first-order valence-electron chi connectivity index (χ1n) is 6.33. The highest BCUT2D eigenvalue weighted by Gasteiger charge is 2.09. The Bertz CT molecular complexity index is 710. The molecule has 0 aliphatic heterocycles. The van der Waals surface area contributed by atoms with E-state index in [4.69, 9.17) is 19.1 Å². The number of hydrogen-bond acceptors (Lipinski definition) is 5. The first-order chi connectivity index (χ1) is 10.0. The minimum absolute atomic E-state index is 0.0218. The van der Waals surface area contributed by atoms with E-state index < -0.39 is 10.1 Å². The van der Waals surface area contributed by atoms with E-state index in [0.717, 1.165) is 5.39 Å². The summed E-state index contributed by atoms with van der Waals surface area (Å²) in [7, 11) is -4.20. The predicted molar refractivity (Wildman–Crippen MR) is 77.2 cm³/mol. The maximum atomic E-state index is 11.1. The van der Waals surface area contributed by atoms with Gasteiger partial charge in [-0.3, -0.25) is 4.55 Å². The zero-order chi connectivity index (χ0) is 15.3. The molecule has 0 fully saturated rings. The Kier molecular flexibility index (Phi) is 5.13. The van der Waals surface area contributed by atoms with E-state index >= 15 is 0 Å². The highest BCUT2D eigenvalue weighted by atomic mass is 32.2. The molecule has 0 unspecified atom stereocenters. The van der Waals surface area contributed by atoms with Crippen molar-refractivity contribution in [1.29, 1.82) is 0 Å². The summed E-state index contributed by atoms with van der Waals surface area (Å²) in [6.07, 6.45) is 0. The van der Waals surface area contributed by atoms with Gasteiger partial charge in [-0.1, -0.05) is 12.1 Å². The Hall–Kier alpha value is -1.67. The number of rotatable bonds is 7. The summed E-state index contributed by atoms with van der Waals surface area (Å²) < 4.78 is 41.7. The van der Waals surface area contributed by atoms with Crippen LogP contribution in [0.4, 0.5) is 0 Å². The lowest BCUT2D eigenvalue weighted by Gasteiger charge is -2.08. The molecule has 2 rings (SSSR count). The van der Waals surface area contributed by atoms with Gasteiger partial charge in [0.1, 0.15) is 12.4 Å². The predicted octanol–water partition coefficient (Wildman–Crippen LogP) is 1.47. The number of aliphatic hydroxyl groups excluding tert-OH is 1. The fraction of sp³-hybridized carbons (Fsp3) is 0.286. The molecule has 0 heterocycles. The van der Waals surface area contributed by atoms with Crippen molar-refractivity contribution in [3.05, 3.63) is 36.4 Å². The Morgan fingerprint density at radius 2 is 1.67 bits per heavy atom. The molecule has 7 heteroatoms. The topological polar surface area (TPSA) is 93.1 Å². The van der Waals surface area contributed by atoms with Gasteiger partial charge < -0.3 is 14.6 Å². The molecule has 2 aromatic carbocycles. The van der Waals surface area contributed by atoms with Crippen molar-refractivity contribution in [1.82, 2.24) is 0 Å². The third-order valence-corrected chi connectivity index (χ3v) is 3.66. The zero-order valence-corrected chi connectivity index (χ0v) is 12.0. The number of benzene rings is 2. The van der Waals surface area contributed by atoms with Crippen LogP contribution in [-0.2, 0) is 14.9 Å². The van der Waals surface area contributed by atoms with Crippen molar-refractivity contribution in [3.8, 4) is 5.75 Å². The van der Waals surface area contributed by atoms with Gasteiger partial charge in [-0.25, -0.2) is 0 Å². The van der Waals surface area contributed by atoms with Crippen LogP contribution in [0.5, 0.6) is 5.75 Å². The third kappa shape index (κ3) is 4.40. The van der Waals surface area contributed by atoms with Crippen LogP contribution in [-0.4, -0.2) is 44.5 Å². The molecule has 0 saturated heterocycles. The molecule has 21 heavy (non-hydrogen) atoms. The van der Waals surface area contributed by atoms with Crippen molar-refractivity contribution < 1.29 is 27.6 Å². The molecule has 0 radical (unpaired) electrons. The van der Waals surface area contributed by atoms with E-state index in [2.05, 4.69) is 0 Å². The Balaban J connectivity index is 2.08. The molecule has 0 aliphatic carbocycles. The van der Waals surface area contributed by atoms with Gasteiger partial charge >= 0.3 is 0 Å². The molecular formula is C14H16O6S. The Labute approximate surface area is 122 Å². The van der Waals surface area contributed by atoms with Crippen molar-refractivity contribution in [2.45, 2.75) is 4.90 Å². The molecule has 0 saturated carbocycles. The highest BCUT2D eigenvalue weighted by Crippen LogP contribution is 2.23. The molecule has 0 atom stereocenters. The highest BCUT2D eigenvalue weighted by molar-refractivity contribution is 7.85. The molecule has 2 N–H and O–H groups in total. The molecular weight excluding hydrogens is 296 g/mol. The first-order valence-corrected chi connectivity index (χ1v) is 7.77. The second kappa shape index (κ2) is 6.86. The summed E-state index contributed by atoms with van der Waals surface area (Å²) in [6.45, 7) is 0.987. The van der Waals surface area contributed by atoms with Crippen LogP contribution in [0.3, 0.4) is 0 Å². The van der Waals surface area contributed by atoms with Crippen LogP contribution in [0.2, 0.25) is 0 Å². The lowest BCUT2D eigenvalue weighted by molar-refractivity contribution is 0.0705. The van der Waals surface area contributed by atoms with Gasteiger partial charge in [-0.15, -0.1) is 0 Å². The number of aliphatic hydroxyl groups is 1. The van der Waals surface area contributed by atoms with Gasteiger partial charge in [-0.05, 0) is 35.0 Å². The average molecular weight is 312 g/mol. The molecule has 6 nitrogen and oxygen atoms in total. The Morgan fingerprint density at radius 3 is 2.38 bits per heavy atom. The summed E-state index contributed by atoms with van der Waals surface area (Å²) in [6, 6.07) is 9.55. The number of fused-ring (bicyclic) bond motifs is 1. The summed E-state index contributed by atoms with van der Waals surface area (Å²) in [5.41, 5.74) is 0. The fourth-order valence-electron chi connectivity index (χ4n) is 1.84. The monoisotopic (exact) mass is 312 g/mol. The zero-order valence-electron chi connectivity index (χ0n) is 11.2. The van der Waals surface area contributed by atoms with Gasteiger partial charge in [0.25, 0.3) is 10.1 Å². The van der Waals surface area contributed by atoms with Crippen LogP contribution >= 0.6 is 0 Å². The summed E-state index contributed by atoms with van der Waals surface area (Å²) >= 11 is 0. The van der Waals surface area contributed by atoms with Crippen molar-refractivity contribution in [3.63, 3.8) is 0 Å². The van der Waals surface area contributed by atoms with Gasteiger partial charge in [0, 0.05) is 0 Å². The summed E-state index contributed by atoms with van der Waals surface area (Å²) in [5.74, 6) is 0.634. The molecule has 0 bridgehead atoms. The Morgan fingerprint density at radius 1 is 0.952 bits per heavy atom. The van der Waals surface area contributed by atoms with Crippen molar-refractivity contribution in [2.24, 2.45) is 0 Å². The number of ether oxygens (including phenoxy) is 2. The van der Waals surface area contributed by atoms with E-state index in [-0.39, 0.29) is 18.1 Å². The smallest absolute Gasteiger partial charge is 0.294 e.